The Bertz CT molecular complexity index is 312. The van der Waals surface area contributed by atoms with E-state index in [4.69, 9.17) is 10.8 Å². The third-order valence-electron chi connectivity index (χ3n) is 2.60. The van der Waals surface area contributed by atoms with Gasteiger partial charge in [0.2, 0.25) is 0 Å². The van der Waals surface area contributed by atoms with Crippen molar-refractivity contribution in [2.24, 2.45) is 0 Å². The first-order valence-electron chi connectivity index (χ1n) is 5.39. The number of anilines is 2. The van der Waals surface area contributed by atoms with Crippen LogP contribution in [0.3, 0.4) is 0 Å². The molecule has 0 unspecified atom stereocenters. The van der Waals surface area contributed by atoms with E-state index >= 15 is 0 Å². The van der Waals surface area contributed by atoms with Crippen molar-refractivity contribution < 1.29 is 5.11 Å². The molecule has 3 nitrogen and oxygen atoms in total. The fourth-order valence-electron chi connectivity index (χ4n) is 1.57. The topological polar surface area (TPSA) is 49.5 Å². The highest BCUT2D eigenvalue weighted by Crippen LogP contribution is 2.20. The van der Waals surface area contributed by atoms with Crippen molar-refractivity contribution in [1.29, 1.82) is 0 Å². The Morgan fingerprint density at radius 3 is 2.73 bits per heavy atom. The van der Waals surface area contributed by atoms with Crippen molar-refractivity contribution in [1.82, 2.24) is 0 Å². The highest BCUT2D eigenvalue weighted by Gasteiger charge is 2.03. The summed E-state index contributed by atoms with van der Waals surface area (Å²) in [6, 6.07) is 6.09. The van der Waals surface area contributed by atoms with Crippen LogP contribution in [0.1, 0.15) is 18.9 Å². The molecule has 0 radical (unpaired) electrons. The normalized spacial score (nSPS) is 10.3. The smallest absolute Gasteiger partial charge is 0.0447 e. The van der Waals surface area contributed by atoms with Gasteiger partial charge in [-0.3, -0.25) is 0 Å². The summed E-state index contributed by atoms with van der Waals surface area (Å²) in [6.07, 6.45) is 1.75. The monoisotopic (exact) mass is 208 g/mol. The number of benzene rings is 1. The summed E-state index contributed by atoms with van der Waals surface area (Å²) in [5.41, 5.74) is 9.05. The Labute approximate surface area is 91.5 Å². The van der Waals surface area contributed by atoms with Gasteiger partial charge in [-0.2, -0.15) is 0 Å². The highest BCUT2D eigenvalue weighted by atomic mass is 16.3. The van der Waals surface area contributed by atoms with E-state index in [0.717, 1.165) is 30.8 Å². The molecular formula is C12H20N2O. The first kappa shape index (κ1) is 11.9. The van der Waals surface area contributed by atoms with Crippen molar-refractivity contribution in [2.45, 2.75) is 19.8 Å². The van der Waals surface area contributed by atoms with E-state index in [0.29, 0.717) is 0 Å². The predicted molar refractivity (Wildman–Crippen MR) is 65.2 cm³/mol. The molecule has 0 fully saturated rings. The summed E-state index contributed by atoms with van der Waals surface area (Å²) in [7, 11) is 2.03. The number of hydrogen-bond donors (Lipinski definition) is 2. The minimum absolute atomic E-state index is 0.236. The number of nitrogen functional groups attached to an aromatic ring is 1. The molecule has 0 aliphatic carbocycles. The van der Waals surface area contributed by atoms with Gasteiger partial charge >= 0.3 is 0 Å². The quantitative estimate of drug-likeness (QED) is 0.723. The lowest BCUT2D eigenvalue weighted by molar-refractivity contribution is 0.290. The first-order valence-corrected chi connectivity index (χ1v) is 5.39. The second-order valence-corrected chi connectivity index (χ2v) is 3.74. The Hall–Kier alpha value is -1.22. The van der Waals surface area contributed by atoms with Crippen molar-refractivity contribution in [3.05, 3.63) is 23.8 Å². The van der Waals surface area contributed by atoms with E-state index < -0.39 is 0 Å². The first-order chi connectivity index (χ1) is 7.19. The van der Waals surface area contributed by atoms with Crippen LogP contribution in [-0.4, -0.2) is 25.3 Å². The van der Waals surface area contributed by atoms with Gasteiger partial charge in [0.25, 0.3) is 0 Å². The minimum atomic E-state index is 0.236. The van der Waals surface area contributed by atoms with Crippen molar-refractivity contribution in [3.63, 3.8) is 0 Å². The number of nitrogens with two attached hydrogens (primary N) is 1. The molecule has 1 rings (SSSR count). The lowest BCUT2D eigenvalue weighted by Gasteiger charge is -2.20. The van der Waals surface area contributed by atoms with Crippen LogP contribution in [0.25, 0.3) is 0 Å². The maximum absolute atomic E-state index is 8.76. The Morgan fingerprint density at radius 1 is 1.40 bits per heavy atom. The van der Waals surface area contributed by atoms with Crippen LogP contribution in [-0.2, 0) is 6.42 Å². The summed E-state index contributed by atoms with van der Waals surface area (Å²) < 4.78 is 0. The average Bonchev–Trinajstić information content (AvgIpc) is 2.26. The van der Waals surface area contributed by atoms with Gasteiger partial charge in [-0.05, 0) is 36.6 Å². The van der Waals surface area contributed by atoms with Gasteiger partial charge in [-0.25, -0.2) is 0 Å². The van der Waals surface area contributed by atoms with Crippen molar-refractivity contribution in [2.75, 3.05) is 30.8 Å². The average molecular weight is 208 g/mol. The second-order valence-electron chi connectivity index (χ2n) is 3.74. The summed E-state index contributed by atoms with van der Waals surface area (Å²) in [6.45, 7) is 3.20. The molecule has 0 saturated carbocycles. The minimum Gasteiger partial charge on any atom is -0.399 e. The largest absolute Gasteiger partial charge is 0.399 e. The molecule has 0 aromatic heterocycles. The second kappa shape index (κ2) is 5.61. The number of aryl methyl sites for hydroxylation is 1. The molecule has 0 heterocycles. The molecule has 1 aromatic rings. The molecule has 1 aromatic carbocycles. The Morgan fingerprint density at radius 2 is 2.13 bits per heavy atom. The van der Waals surface area contributed by atoms with Crippen LogP contribution in [0.2, 0.25) is 0 Å². The standard InChI is InChI=1S/C12H20N2O/c1-3-10-9-11(5-6-12(10)13)14(2)7-4-8-15/h5-6,9,15H,3-4,7-8,13H2,1-2H3. The molecule has 0 amide bonds. The van der Waals surface area contributed by atoms with Crippen LogP contribution in [0.5, 0.6) is 0 Å². The SMILES string of the molecule is CCc1cc(N(C)CCCO)ccc1N. The van der Waals surface area contributed by atoms with Crippen LogP contribution < -0.4 is 10.6 Å². The van der Waals surface area contributed by atoms with Crippen LogP contribution in [0.15, 0.2) is 18.2 Å². The van der Waals surface area contributed by atoms with Crippen LogP contribution >= 0.6 is 0 Å². The Balaban J connectivity index is 2.76. The number of aliphatic hydroxyl groups is 1. The van der Waals surface area contributed by atoms with Crippen LogP contribution in [0, 0.1) is 0 Å². The zero-order chi connectivity index (χ0) is 11.3. The van der Waals surface area contributed by atoms with Gasteiger partial charge in [0.1, 0.15) is 0 Å². The molecule has 0 saturated heterocycles. The summed E-state index contributed by atoms with van der Waals surface area (Å²) in [5, 5.41) is 8.76. The lowest BCUT2D eigenvalue weighted by Crippen LogP contribution is -2.19. The van der Waals surface area contributed by atoms with E-state index in [2.05, 4.69) is 17.9 Å². The number of hydrogen-bond acceptors (Lipinski definition) is 3. The van der Waals surface area contributed by atoms with Gasteiger partial charge in [0.05, 0.1) is 0 Å². The zero-order valence-corrected chi connectivity index (χ0v) is 9.53. The molecule has 0 atom stereocenters. The van der Waals surface area contributed by atoms with E-state index in [1.807, 2.05) is 19.2 Å². The van der Waals surface area contributed by atoms with E-state index in [-0.39, 0.29) is 6.61 Å². The van der Waals surface area contributed by atoms with Gasteiger partial charge in [0.15, 0.2) is 0 Å². The van der Waals surface area contributed by atoms with Gasteiger partial charge in [0, 0.05) is 31.6 Å². The summed E-state index contributed by atoms with van der Waals surface area (Å²) in [4.78, 5) is 2.13. The van der Waals surface area contributed by atoms with E-state index in [1.165, 1.54) is 5.56 Å². The van der Waals surface area contributed by atoms with E-state index in [1.54, 1.807) is 0 Å². The van der Waals surface area contributed by atoms with E-state index in [9.17, 15) is 0 Å². The third kappa shape index (κ3) is 3.13. The van der Waals surface area contributed by atoms with Crippen LogP contribution in [0.4, 0.5) is 11.4 Å². The maximum atomic E-state index is 8.76. The molecule has 84 valence electrons. The summed E-state index contributed by atoms with van der Waals surface area (Å²) >= 11 is 0. The fourth-order valence-corrected chi connectivity index (χ4v) is 1.57. The molecule has 0 aliphatic heterocycles. The number of rotatable bonds is 5. The Kier molecular flexibility index (Phi) is 4.43. The predicted octanol–water partition coefficient (Wildman–Crippen LogP) is 1.65. The molecule has 15 heavy (non-hydrogen) atoms. The molecule has 3 heteroatoms. The molecule has 0 spiro atoms. The summed E-state index contributed by atoms with van der Waals surface area (Å²) in [5.74, 6) is 0. The van der Waals surface area contributed by atoms with Gasteiger partial charge in [-0.15, -0.1) is 0 Å². The van der Waals surface area contributed by atoms with Gasteiger partial charge in [-0.1, -0.05) is 6.92 Å². The highest BCUT2D eigenvalue weighted by molar-refractivity contribution is 5.58. The molecule has 0 aliphatic rings. The fraction of sp³-hybridized carbons (Fsp3) is 0.500. The molecular weight excluding hydrogens is 188 g/mol. The number of nitrogens with zero attached hydrogens (tertiary/aromatic N) is 1. The zero-order valence-electron chi connectivity index (χ0n) is 9.53. The lowest BCUT2D eigenvalue weighted by atomic mass is 10.1. The van der Waals surface area contributed by atoms with Gasteiger partial charge < -0.3 is 15.7 Å². The third-order valence-corrected chi connectivity index (χ3v) is 2.60. The van der Waals surface area contributed by atoms with Crippen molar-refractivity contribution >= 4 is 11.4 Å². The molecule has 3 N–H and O–H groups in total. The maximum Gasteiger partial charge on any atom is 0.0447 e. The number of aliphatic hydroxyl groups excluding tert-OH is 1. The van der Waals surface area contributed by atoms with Crippen molar-refractivity contribution in [3.8, 4) is 0 Å². The molecule has 0 bridgehead atoms.